The van der Waals surface area contributed by atoms with Crippen molar-refractivity contribution in [3.05, 3.63) is 75.7 Å². The minimum Gasteiger partial charge on any atom is -0.328 e. The first-order valence-electron chi connectivity index (χ1n) is 7.58. The van der Waals surface area contributed by atoms with Crippen LogP contribution in [0.1, 0.15) is 27.3 Å². The molecule has 6 heteroatoms. The quantitative estimate of drug-likeness (QED) is 0.778. The zero-order chi connectivity index (χ0) is 17.3. The van der Waals surface area contributed by atoms with Crippen LogP contribution in [0.3, 0.4) is 0 Å². The van der Waals surface area contributed by atoms with Gasteiger partial charge in [-0.2, -0.15) is 0 Å². The van der Waals surface area contributed by atoms with E-state index in [1.807, 2.05) is 30.5 Å². The van der Waals surface area contributed by atoms with Crippen LogP contribution in [0.15, 0.2) is 47.7 Å². The molecule has 1 amide bonds. The Hall–Kier alpha value is -3.15. The zero-order valence-corrected chi connectivity index (χ0v) is 13.8. The van der Waals surface area contributed by atoms with Crippen LogP contribution < -0.4 is 10.9 Å². The van der Waals surface area contributed by atoms with E-state index in [1.54, 1.807) is 31.5 Å². The second-order valence-corrected chi connectivity index (χ2v) is 5.65. The average Bonchev–Trinajstić information content (AvgIpc) is 2.88. The maximum Gasteiger partial charge on any atom is 0.261 e. The van der Waals surface area contributed by atoms with Crippen molar-refractivity contribution in [2.24, 2.45) is 0 Å². The van der Waals surface area contributed by atoms with Gasteiger partial charge in [0.1, 0.15) is 5.56 Å². The van der Waals surface area contributed by atoms with Crippen molar-refractivity contribution in [1.82, 2.24) is 14.5 Å². The first-order valence-corrected chi connectivity index (χ1v) is 7.58. The van der Waals surface area contributed by atoms with Gasteiger partial charge in [0.2, 0.25) is 0 Å². The standard InChI is InChI=1S/C18H18N4O2/c1-11-8-9-19-17(23)16(11)18(24)21-14-4-6-15(7-5-14)22-10-20-12(2)13(22)3/h4-10H,1-3H3,(H,19,23)(H,21,24). The fourth-order valence-corrected chi connectivity index (χ4v) is 2.52. The van der Waals surface area contributed by atoms with E-state index < -0.39 is 11.5 Å². The minimum absolute atomic E-state index is 0.127. The number of hydrogen-bond donors (Lipinski definition) is 2. The topological polar surface area (TPSA) is 79.8 Å². The Balaban J connectivity index is 1.83. The molecule has 0 aliphatic carbocycles. The summed E-state index contributed by atoms with van der Waals surface area (Å²) in [5, 5.41) is 2.75. The molecular formula is C18H18N4O2. The minimum atomic E-state index is -0.420. The molecule has 0 aliphatic rings. The summed E-state index contributed by atoms with van der Waals surface area (Å²) in [6, 6.07) is 9.09. The van der Waals surface area contributed by atoms with Gasteiger partial charge in [0.25, 0.3) is 11.5 Å². The lowest BCUT2D eigenvalue weighted by Crippen LogP contribution is -2.24. The molecule has 2 heterocycles. The van der Waals surface area contributed by atoms with Gasteiger partial charge < -0.3 is 14.9 Å². The number of carbonyl (C=O) groups is 1. The number of carbonyl (C=O) groups excluding carboxylic acids is 1. The van der Waals surface area contributed by atoms with Crippen molar-refractivity contribution in [2.75, 3.05) is 5.32 Å². The highest BCUT2D eigenvalue weighted by Gasteiger charge is 2.13. The third-order valence-corrected chi connectivity index (χ3v) is 4.05. The third-order valence-electron chi connectivity index (χ3n) is 4.05. The number of H-pyrrole nitrogens is 1. The molecule has 0 radical (unpaired) electrons. The van der Waals surface area contributed by atoms with Gasteiger partial charge in [-0.3, -0.25) is 9.59 Å². The number of aryl methyl sites for hydroxylation is 2. The zero-order valence-electron chi connectivity index (χ0n) is 13.8. The fraction of sp³-hybridized carbons (Fsp3) is 0.167. The van der Waals surface area contributed by atoms with Crippen LogP contribution in [0, 0.1) is 20.8 Å². The molecule has 6 nitrogen and oxygen atoms in total. The SMILES string of the molecule is Cc1cc[nH]c(=O)c1C(=O)Nc1ccc(-n2cnc(C)c2C)cc1. The maximum absolute atomic E-state index is 12.3. The van der Waals surface area contributed by atoms with Gasteiger partial charge in [-0.05, 0) is 56.7 Å². The average molecular weight is 322 g/mol. The molecule has 0 saturated carbocycles. The summed E-state index contributed by atoms with van der Waals surface area (Å²) in [7, 11) is 0. The predicted octanol–water partition coefficient (Wildman–Crippen LogP) is 2.74. The number of nitrogens with zero attached hydrogens (tertiary/aromatic N) is 2. The Kier molecular flexibility index (Phi) is 4.04. The summed E-state index contributed by atoms with van der Waals surface area (Å²) in [4.78, 5) is 30.9. The van der Waals surface area contributed by atoms with E-state index in [0.717, 1.165) is 17.1 Å². The van der Waals surface area contributed by atoms with Crippen LogP contribution in [-0.2, 0) is 0 Å². The van der Waals surface area contributed by atoms with E-state index in [9.17, 15) is 9.59 Å². The van der Waals surface area contributed by atoms with Crippen LogP contribution in [0.2, 0.25) is 0 Å². The van der Waals surface area contributed by atoms with E-state index in [2.05, 4.69) is 15.3 Å². The molecule has 0 fully saturated rings. The maximum atomic E-state index is 12.3. The fourth-order valence-electron chi connectivity index (χ4n) is 2.52. The number of rotatable bonds is 3. The third kappa shape index (κ3) is 2.86. The van der Waals surface area contributed by atoms with Gasteiger partial charge in [-0.25, -0.2) is 4.98 Å². The number of pyridine rings is 1. The number of anilines is 1. The number of aromatic amines is 1. The van der Waals surface area contributed by atoms with Crippen molar-refractivity contribution in [1.29, 1.82) is 0 Å². The van der Waals surface area contributed by atoms with Crippen LogP contribution in [0.4, 0.5) is 5.69 Å². The summed E-state index contributed by atoms with van der Waals surface area (Å²) in [5.41, 5.74) is 4.00. The Morgan fingerprint density at radius 3 is 2.42 bits per heavy atom. The monoisotopic (exact) mass is 322 g/mol. The highest BCUT2D eigenvalue weighted by molar-refractivity contribution is 6.04. The van der Waals surface area contributed by atoms with Crippen LogP contribution >= 0.6 is 0 Å². The molecule has 0 bridgehead atoms. The predicted molar refractivity (Wildman–Crippen MR) is 92.8 cm³/mol. The molecule has 2 N–H and O–H groups in total. The highest BCUT2D eigenvalue weighted by atomic mass is 16.2. The molecule has 3 aromatic rings. The van der Waals surface area contributed by atoms with E-state index in [4.69, 9.17) is 0 Å². The summed E-state index contributed by atoms with van der Waals surface area (Å²) in [6.07, 6.45) is 3.30. The van der Waals surface area contributed by atoms with Crippen molar-refractivity contribution in [3.63, 3.8) is 0 Å². The molecule has 122 valence electrons. The summed E-state index contributed by atoms with van der Waals surface area (Å²) >= 11 is 0. The summed E-state index contributed by atoms with van der Waals surface area (Å²) in [5.74, 6) is -0.420. The largest absolute Gasteiger partial charge is 0.328 e. The lowest BCUT2D eigenvalue weighted by Gasteiger charge is -2.09. The van der Waals surface area contributed by atoms with Crippen LogP contribution in [-0.4, -0.2) is 20.4 Å². The van der Waals surface area contributed by atoms with E-state index >= 15 is 0 Å². The smallest absolute Gasteiger partial charge is 0.261 e. The van der Waals surface area contributed by atoms with Gasteiger partial charge in [-0.15, -0.1) is 0 Å². The van der Waals surface area contributed by atoms with Gasteiger partial charge >= 0.3 is 0 Å². The van der Waals surface area contributed by atoms with Crippen molar-refractivity contribution in [3.8, 4) is 5.69 Å². The molecule has 0 aliphatic heterocycles. The van der Waals surface area contributed by atoms with Crippen molar-refractivity contribution in [2.45, 2.75) is 20.8 Å². The molecule has 0 unspecified atom stereocenters. The number of aromatic nitrogens is 3. The van der Waals surface area contributed by atoms with Gasteiger partial charge in [0, 0.05) is 23.3 Å². The molecule has 2 aromatic heterocycles. The summed E-state index contributed by atoms with van der Waals surface area (Å²) < 4.78 is 1.98. The molecule has 1 aromatic carbocycles. The molecule has 0 saturated heterocycles. The molecule has 0 spiro atoms. The molecule has 24 heavy (non-hydrogen) atoms. The Labute approximate surface area is 139 Å². The normalized spacial score (nSPS) is 10.6. The summed E-state index contributed by atoms with van der Waals surface area (Å²) in [6.45, 7) is 5.69. The Morgan fingerprint density at radius 1 is 1.12 bits per heavy atom. The number of hydrogen-bond acceptors (Lipinski definition) is 3. The highest BCUT2D eigenvalue weighted by Crippen LogP contribution is 2.17. The van der Waals surface area contributed by atoms with Gasteiger partial charge in [0.15, 0.2) is 0 Å². The molecule has 3 rings (SSSR count). The van der Waals surface area contributed by atoms with Gasteiger partial charge in [0.05, 0.1) is 12.0 Å². The second kappa shape index (κ2) is 6.16. The lowest BCUT2D eigenvalue weighted by atomic mass is 10.1. The van der Waals surface area contributed by atoms with E-state index in [1.165, 1.54) is 6.20 Å². The van der Waals surface area contributed by atoms with Gasteiger partial charge in [-0.1, -0.05) is 0 Å². The second-order valence-electron chi connectivity index (χ2n) is 5.65. The first-order chi connectivity index (χ1) is 11.5. The Morgan fingerprint density at radius 2 is 1.83 bits per heavy atom. The van der Waals surface area contributed by atoms with E-state index in [0.29, 0.717) is 11.3 Å². The number of amides is 1. The Bertz CT molecular complexity index is 952. The number of imidazole rings is 1. The molecular weight excluding hydrogens is 304 g/mol. The number of benzene rings is 1. The van der Waals surface area contributed by atoms with E-state index in [-0.39, 0.29) is 5.56 Å². The van der Waals surface area contributed by atoms with Crippen molar-refractivity contribution < 1.29 is 4.79 Å². The van der Waals surface area contributed by atoms with Crippen LogP contribution in [0.25, 0.3) is 5.69 Å². The number of nitrogens with one attached hydrogen (secondary N) is 2. The molecule has 0 atom stereocenters. The lowest BCUT2D eigenvalue weighted by molar-refractivity contribution is 0.102. The van der Waals surface area contributed by atoms with Crippen LogP contribution in [0.5, 0.6) is 0 Å². The van der Waals surface area contributed by atoms with Crippen molar-refractivity contribution >= 4 is 11.6 Å². The first kappa shape index (κ1) is 15.7.